The van der Waals surface area contributed by atoms with Gasteiger partial charge in [-0.05, 0) is 69.7 Å². The molecule has 0 aliphatic carbocycles. The zero-order chi connectivity index (χ0) is 22.8. The first-order valence-corrected chi connectivity index (χ1v) is 12.1. The van der Waals surface area contributed by atoms with Gasteiger partial charge in [0.05, 0.1) is 11.0 Å². The van der Waals surface area contributed by atoms with E-state index in [4.69, 9.17) is 0 Å². The van der Waals surface area contributed by atoms with Gasteiger partial charge < -0.3 is 10.0 Å². The Hall–Kier alpha value is -2.22. The Morgan fingerprint density at radius 3 is 2.29 bits per heavy atom. The Morgan fingerprint density at radius 1 is 1.10 bits per heavy atom. The van der Waals surface area contributed by atoms with Crippen LogP contribution in [-0.4, -0.2) is 43.0 Å². The lowest BCUT2D eigenvalue weighted by atomic mass is 9.87. The van der Waals surface area contributed by atoms with Gasteiger partial charge >= 0.3 is 0 Å². The standard InChI is InChI=1S/C24H32N2O4S/c1-17-10-11-20(31(29,30)25-24(2,3)4)16-21(17)23(28)26-14-12-19(13-15-26)22(27)18-8-6-5-7-9-18/h5-11,16,19,22,25,27H,12-15H2,1-4H3. The number of carbonyl (C=O) groups excluding carboxylic acids is 1. The van der Waals surface area contributed by atoms with Crippen LogP contribution in [0, 0.1) is 12.8 Å². The molecule has 1 amide bonds. The third kappa shape index (κ3) is 5.73. The Bertz CT molecular complexity index is 1020. The van der Waals surface area contributed by atoms with Gasteiger partial charge in [-0.2, -0.15) is 0 Å². The lowest BCUT2D eigenvalue weighted by Crippen LogP contribution is -2.41. The third-order valence-electron chi connectivity index (χ3n) is 5.60. The van der Waals surface area contributed by atoms with Crippen molar-refractivity contribution in [3.8, 4) is 0 Å². The smallest absolute Gasteiger partial charge is 0.254 e. The summed E-state index contributed by atoms with van der Waals surface area (Å²) < 4.78 is 28.0. The van der Waals surface area contributed by atoms with Crippen molar-refractivity contribution in [2.45, 2.75) is 57.1 Å². The summed E-state index contributed by atoms with van der Waals surface area (Å²) in [6.45, 7) is 8.21. The van der Waals surface area contributed by atoms with E-state index in [1.165, 1.54) is 12.1 Å². The van der Waals surface area contributed by atoms with Crippen LogP contribution in [0.25, 0.3) is 0 Å². The number of aliphatic hydroxyl groups excluding tert-OH is 1. The number of hydrogen-bond donors (Lipinski definition) is 2. The maximum absolute atomic E-state index is 13.2. The summed E-state index contributed by atoms with van der Waals surface area (Å²) >= 11 is 0. The minimum Gasteiger partial charge on any atom is -0.388 e. The fourth-order valence-electron chi connectivity index (χ4n) is 3.97. The first-order valence-electron chi connectivity index (χ1n) is 10.6. The van der Waals surface area contributed by atoms with Crippen LogP contribution in [0.2, 0.25) is 0 Å². The van der Waals surface area contributed by atoms with Crippen molar-refractivity contribution in [3.63, 3.8) is 0 Å². The van der Waals surface area contributed by atoms with Crippen LogP contribution < -0.4 is 4.72 Å². The number of amides is 1. The minimum atomic E-state index is -3.73. The number of aryl methyl sites for hydroxylation is 1. The second-order valence-electron chi connectivity index (χ2n) is 9.32. The molecular weight excluding hydrogens is 412 g/mol. The number of rotatable bonds is 5. The molecule has 0 bridgehead atoms. The Balaban J connectivity index is 1.72. The van der Waals surface area contributed by atoms with Crippen molar-refractivity contribution in [1.29, 1.82) is 0 Å². The van der Waals surface area contributed by atoms with Crippen LogP contribution in [0.4, 0.5) is 0 Å². The van der Waals surface area contributed by atoms with Gasteiger partial charge in [-0.1, -0.05) is 36.4 Å². The number of hydrogen-bond acceptors (Lipinski definition) is 4. The molecule has 3 rings (SSSR count). The zero-order valence-electron chi connectivity index (χ0n) is 18.6. The molecule has 0 saturated carbocycles. The number of piperidine rings is 1. The van der Waals surface area contributed by atoms with E-state index in [0.29, 0.717) is 31.5 Å². The topological polar surface area (TPSA) is 86.7 Å². The normalized spacial score (nSPS) is 16.9. The second-order valence-corrected chi connectivity index (χ2v) is 11.0. The average molecular weight is 445 g/mol. The largest absolute Gasteiger partial charge is 0.388 e. The average Bonchev–Trinajstić information content (AvgIpc) is 2.72. The van der Waals surface area contributed by atoms with Crippen LogP contribution in [0.15, 0.2) is 53.4 Å². The van der Waals surface area contributed by atoms with Gasteiger partial charge in [0.1, 0.15) is 0 Å². The highest BCUT2D eigenvalue weighted by atomic mass is 32.2. The van der Waals surface area contributed by atoms with E-state index in [-0.39, 0.29) is 16.7 Å². The van der Waals surface area contributed by atoms with Crippen molar-refractivity contribution in [2.24, 2.45) is 5.92 Å². The van der Waals surface area contributed by atoms with E-state index in [1.807, 2.05) is 37.3 Å². The quantitative estimate of drug-likeness (QED) is 0.737. The second kappa shape index (κ2) is 9.10. The summed E-state index contributed by atoms with van der Waals surface area (Å²) in [5.41, 5.74) is 1.42. The molecule has 1 saturated heterocycles. The summed E-state index contributed by atoms with van der Waals surface area (Å²) in [6, 6.07) is 14.3. The molecule has 2 aromatic carbocycles. The number of benzene rings is 2. The molecule has 2 N–H and O–H groups in total. The van der Waals surface area contributed by atoms with Gasteiger partial charge in [-0.15, -0.1) is 0 Å². The molecule has 1 unspecified atom stereocenters. The minimum absolute atomic E-state index is 0.0887. The summed E-state index contributed by atoms with van der Waals surface area (Å²) in [4.78, 5) is 15.0. The number of likely N-dealkylation sites (tertiary alicyclic amines) is 1. The molecule has 1 aliphatic heterocycles. The van der Waals surface area contributed by atoms with Crippen LogP contribution >= 0.6 is 0 Å². The zero-order valence-corrected chi connectivity index (χ0v) is 19.4. The van der Waals surface area contributed by atoms with Gasteiger partial charge in [0.15, 0.2) is 0 Å². The van der Waals surface area contributed by atoms with E-state index in [1.54, 1.807) is 31.7 Å². The Morgan fingerprint density at radius 2 is 1.71 bits per heavy atom. The van der Waals surface area contributed by atoms with Crippen molar-refractivity contribution in [3.05, 3.63) is 65.2 Å². The Labute approximate surface area is 185 Å². The van der Waals surface area contributed by atoms with Crippen LogP contribution in [0.3, 0.4) is 0 Å². The molecule has 1 aliphatic rings. The number of nitrogens with one attached hydrogen (secondary N) is 1. The third-order valence-corrected chi connectivity index (χ3v) is 7.36. The van der Waals surface area contributed by atoms with Crippen molar-refractivity contribution in [1.82, 2.24) is 9.62 Å². The molecule has 0 aromatic heterocycles. The molecule has 1 heterocycles. The molecule has 1 atom stereocenters. The van der Waals surface area contributed by atoms with E-state index in [0.717, 1.165) is 11.1 Å². The first kappa shape index (κ1) is 23.4. The van der Waals surface area contributed by atoms with Crippen molar-refractivity contribution >= 4 is 15.9 Å². The maximum Gasteiger partial charge on any atom is 0.254 e. The van der Waals surface area contributed by atoms with Gasteiger partial charge in [0, 0.05) is 24.2 Å². The number of nitrogens with zero attached hydrogens (tertiary/aromatic N) is 1. The molecule has 2 aromatic rings. The summed E-state index contributed by atoms with van der Waals surface area (Å²) in [5.74, 6) is -0.0757. The van der Waals surface area contributed by atoms with Crippen molar-refractivity contribution < 1.29 is 18.3 Å². The molecule has 0 spiro atoms. The van der Waals surface area contributed by atoms with Gasteiger partial charge in [0.2, 0.25) is 10.0 Å². The molecule has 1 fully saturated rings. The van der Waals surface area contributed by atoms with Gasteiger partial charge in [-0.25, -0.2) is 13.1 Å². The molecule has 6 nitrogen and oxygen atoms in total. The predicted octanol–water partition coefficient (Wildman–Crippen LogP) is 3.66. The van der Waals surface area contributed by atoms with Gasteiger partial charge in [0.25, 0.3) is 5.91 Å². The van der Waals surface area contributed by atoms with Crippen molar-refractivity contribution in [2.75, 3.05) is 13.1 Å². The number of aliphatic hydroxyl groups is 1. The monoisotopic (exact) mass is 444 g/mol. The summed E-state index contributed by atoms with van der Waals surface area (Å²) in [7, 11) is -3.73. The highest BCUT2D eigenvalue weighted by Crippen LogP contribution is 2.31. The Kier molecular flexibility index (Phi) is 6.88. The maximum atomic E-state index is 13.2. The fraction of sp³-hybridized carbons (Fsp3) is 0.458. The predicted molar refractivity (Wildman–Crippen MR) is 121 cm³/mol. The first-order chi connectivity index (χ1) is 14.5. The van der Waals surface area contributed by atoms with E-state index >= 15 is 0 Å². The van der Waals surface area contributed by atoms with Crippen LogP contribution in [0.5, 0.6) is 0 Å². The summed E-state index contributed by atoms with van der Waals surface area (Å²) in [5, 5.41) is 10.7. The number of sulfonamides is 1. The molecule has 31 heavy (non-hydrogen) atoms. The molecular formula is C24H32N2O4S. The van der Waals surface area contributed by atoms with Crippen LogP contribution in [-0.2, 0) is 10.0 Å². The number of carbonyl (C=O) groups is 1. The lowest BCUT2D eigenvalue weighted by Gasteiger charge is -2.34. The van der Waals surface area contributed by atoms with E-state index < -0.39 is 21.7 Å². The SMILES string of the molecule is Cc1ccc(S(=O)(=O)NC(C)(C)C)cc1C(=O)N1CCC(C(O)c2ccccc2)CC1. The molecule has 7 heteroatoms. The summed E-state index contributed by atoms with van der Waals surface area (Å²) in [6.07, 6.45) is 0.853. The highest BCUT2D eigenvalue weighted by Gasteiger charge is 2.30. The molecule has 168 valence electrons. The lowest BCUT2D eigenvalue weighted by molar-refractivity contribution is 0.0461. The van der Waals surface area contributed by atoms with Gasteiger partial charge in [-0.3, -0.25) is 4.79 Å². The molecule has 0 radical (unpaired) electrons. The van der Waals surface area contributed by atoms with E-state index in [9.17, 15) is 18.3 Å². The fourth-order valence-corrected chi connectivity index (χ4v) is 5.42. The van der Waals surface area contributed by atoms with E-state index in [2.05, 4.69) is 4.72 Å². The highest BCUT2D eigenvalue weighted by molar-refractivity contribution is 7.89. The van der Waals surface area contributed by atoms with Crippen LogP contribution in [0.1, 0.15) is 61.2 Å².